The third-order valence-electron chi connectivity index (χ3n) is 6.54. The molecule has 2 aliphatic heterocycles. The Labute approximate surface area is 217 Å². The van der Waals surface area contributed by atoms with E-state index in [1.54, 1.807) is 17.5 Å². The highest BCUT2D eigenvalue weighted by molar-refractivity contribution is 6.08. The highest BCUT2D eigenvalue weighted by Crippen LogP contribution is 2.30. The minimum absolute atomic E-state index is 0.0922. The third-order valence-corrected chi connectivity index (χ3v) is 6.54. The zero-order valence-corrected chi connectivity index (χ0v) is 23.6. The van der Waals surface area contributed by atoms with Crippen LogP contribution < -0.4 is 15.8 Å². The van der Waals surface area contributed by atoms with E-state index in [9.17, 15) is 4.79 Å². The topological polar surface area (TPSA) is 62.0 Å². The summed E-state index contributed by atoms with van der Waals surface area (Å²) in [6.07, 6.45) is 7.22. The van der Waals surface area contributed by atoms with Gasteiger partial charge in [-0.25, -0.2) is 4.98 Å². The Morgan fingerprint density at radius 1 is 1.17 bits per heavy atom. The molecule has 2 saturated heterocycles. The average molecular weight is 492 g/mol. The number of anilines is 1. The molecule has 0 radical (unpaired) electrons. The van der Waals surface area contributed by atoms with Crippen molar-refractivity contribution in [2.75, 3.05) is 38.1 Å². The fraction of sp³-hybridized carbons (Fsp3) is 0.500. The van der Waals surface area contributed by atoms with Crippen molar-refractivity contribution in [3.63, 3.8) is 0 Å². The van der Waals surface area contributed by atoms with E-state index in [1.165, 1.54) is 12.0 Å². The molecule has 4 rings (SSSR count). The standard InChI is InChI=1S/C22H27N5O.C6H12.C2H6/c1-14(2)15(3)7-19(23-4)20-8-22(28)27-13-18(5-6-21(27)25-20)26-11-16-9-24-10-17(16)12-26;1-4-5-6(2)3;1-2/h5-8,13,16-17,24H,1,9-12H2,2-4H3;5H,4H2,1-3H3;1-2H3/b15-7+,23-19?;;/t16-,17?;;/m0../s1. The maximum atomic E-state index is 12.8. The van der Waals surface area contributed by atoms with Gasteiger partial charge in [0.1, 0.15) is 5.65 Å². The second-order valence-electron chi connectivity index (χ2n) is 9.58. The summed E-state index contributed by atoms with van der Waals surface area (Å²) in [4.78, 5) is 24.2. The van der Waals surface area contributed by atoms with Crippen LogP contribution in [0.4, 0.5) is 5.69 Å². The van der Waals surface area contributed by atoms with Gasteiger partial charge in [-0.15, -0.1) is 0 Å². The highest BCUT2D eigenvalue weighted by atomic mass is 16.1. The maximum Gasteiger partial charge on any atom is 0.258 e. The maximum absolute atomic E-state index is 12.8. The molecule has 2 aromatic heterocycles. The molecule has 0 aliphatic carbocycles. The Morgan fingerprint density at radius 3 is 2.31 bits per heavy atom. The van der Waals surface area contributed by atoms with Crippen molar-refractivity contribution in [2.24, 2.45) is 16.8 Å². The van der Waals surface area contributed by atoms with Crippen LogP contribution in [0.5, 0.6) is 0 Å². The fourth-order valence-electron chi connectivity index (χ4n) is 4.47. The first-order valence-electron chi connectivity index (χ1n) is 13.2. The summed E-state index contributed by atoms with van der Waals surface area (Å²) in [6.45, 7) is 22.5. The number of hydrogen-bond acceptors (Lipinski definition) is 5. The minimum atomic E-state index is -0.0922. The Morgan fingerprint density at radius 2 is 1.81 bits per heavy atom. The van der Waals surface area contributed by atoms with Gasteiger partial charge in [0.15, 0.2) is 0 Å². The van der Waals surface area contributed by atoms with Crippen molar-refractivity contribution in [2.45, 2.75) is 54.9 Å². The van der Waals surface area contributed by atoms with Gasteiger partial charge >= 0.3 is 0 Å². The van der Waals surface area contributed by atoms with Crippen LogP contribution in [0.25, 0.3) is 5.65 Å². The van der Waals surface area contributed by atoms with Crippen LogP contribution in [0.3, 0.4) is 0 Å². The van der Waals surface area contributed by atoms with Gasteiger partial charge < -0.3 is 10.2 Å². The lowest BCUT2D eigenvalue weighted by atomic mass is 10.0. The molecule has 1 N–H and O–H groups in total. The summed E-state index contributed by atoms with van der Waals surface area (Å²) < 4.78 is 1.63. The predicted molar refractivity (Wildman–Crippen MR) is 156 cm³/mol. The van der Waals surface area contributed by atoms with Gasteiger partial charge in [0.05, 0.1) is 17.1 Å². The average Bonchev–Trinajstić information content (AvgIpc) is 3.46. The van der Waals surface area contributed by atoms with Gasteiger partial charge in [0.25, 0.3) is 5.56 Å². The number of nitrogens with zero attached hydrogens (tertiary/aromatic N) is 4. The number of fused-ring (bicyclic) bond motifs is 2. The van der Waals surface area contributed by atoms with Crippen LogP contribution >= 0.6 is 0 Å². The molecule has 2 atom stereocenters. The van der Waals surface area contributed by atoms with Crippen LogP contribution in [0, 0.1) is 11.8 Å². The smallest absolute Gasteiger partial charge is 0.258 e. The van der Waals surface area contributed by atoms with Gasteiger partial charge in [-0.2, -0.15) is 0 Å². The second kappa shape index (κ2) is 13.9. The van der Waals surface area contributed by atoms with Gasteiger partial charge in [0.2, 0.25) is 0 Å². The van der Waals surface area contributed by atoms with Crippen LogP contribution in [0.15, 0.2) is 69.6 Å². The molecule has 0 spiro atoms. The molecule has 6 nitrogen and oxygen atoms in total. The second-order valence-corrected chi connectivity index (χ2v) is 9.58. The zero-order valence-electron chi connectivity index (χ0n) is 23.6. The van der Waals surface area contributed by atoms with Crippen LogP contribution in [-0.2, 0) is 0 Å². The highest BCUT2D eigenvalue weighted by Gasteiger charge is 2.36. The SMILES string of the molecule is C=C(C)/C(C)=C/C(=NC)c1cc(=O)n2cc(N3CC4CNC[C@H]4C3)ccc2n1.CC.CCC=C(C)C. The summed E-state index contributed by atoms with van der Waals surface area (Å²) in [5.74, 6) is 1.42. The normalized spacial score (nSPS) is 19.2. The van der Waals surface area contributed by atoms with E-state index in [4.69, 9.17) is 0 Å². The van der Waals surface area contributed by atoms with Crippen molar-refractivity contribution in [3.05, 3.63) is 75.9 Å². The lowest BCUT2D eigenvalue weighted by Crippen LogP contribution is -2.26. The van der Waals surface area contributed by atoms with Crippen molar-refractivity contribution < 1.29 is 0 Å². The summed E-state index contributed by atoms with van der Waals surface area (Å²) in [6, 6.07) is 5.55. The Hall–Kier alpha value is -2.99. The van der Waals surface area contributed by atoms with Crippen LogP contribution in [0.1, 0.15) is 60.6 Å². The van der Waals surface area contributed by atoms with Crippen LogP contribution in [-0.4, -0.2) is 48.3 Å². The molecule has 0 saturated carbocycles. The predicted octanol–water partition coefficient (Wildman–Crippen LogP) is 5.68. The number of aliphatic imine (C=N–C) groups is 1. The van der Waals surface area contributed by atoms with E-state index in [2.05, 4.69) is 59.7 Å². The first-order chi connectivity index (χ1) is 17.2. The molecule has 4 heterocycles. The molecular formula is C30H45N5O. The Bertz CT molecular complexity index is 1170. The number of allylic oxidation sites excluding steroid dienone is 5. The first-order valence-corrected chi connectivity index (χ1v) is 13.2. The van der Waals surface area contributed by atoms with E-state index < -0.39 is 0 Å². The molecule has 2 aliphatic rings. The molecular weight excluding hydrogens is 446 g/mol. The molecule has 1 unspecified atom stereocenters. The first kappa shape index (κ1) is 29.2. The molecule has 36 heavy (non-hydrogen) atoms. The number of aromatic nitrogens is 2. The van der Waals surface area contributed by atoms with Crippen molar-refractivity contribution in [3.8, 4) is 0 Å². The molecule has 0 aromatic carbocycles. The van der Waals surface area contributed by atoms with Gasteiger partial charge in [-0.1, -0.05) is 44.6 Å². The van der Waals surface area contributed by atoms with Crippen molar-refractivity contribution in [1.29, 1.82) is 0 Å². The summed E-state index contributed by atoms with van der Waals surface area (Å²) in [5, 5.41) is 3.46. The number of rotatable bonds is 5. The van der Waals surface area contributed by atoms with E-state index in [0.717, 1.165) is 43.0 Å². The van der Waals surface area contributed by atoms with E-state index >= 15 is 0 Å². The van der Waals surface area contributed by atoms with Crippen molar-refractivity contribution in [1.82, 2.24) is 14.7 Å². The lowest BCUT2D eigenvalue weighted by molar-refractivity contribution is 0.533. The van der Waals surface area contributed by atoms with Gasteiger partial charge in [-0.05, 0) is 69.7 Å². The molecule has 6 heteroatoms. The van der Waals surface area contributed by atoms with E-state index in [1.807, 2.05) is 46.0 Å². The number of hydrogen-bond donors (Lipinski definition) is 1. The monoisotopic (exact) mass is 491 g/mol. The molecule has 2 aromatic rings. The molecule has 0 amide bonds. The largest absolute Gasteiger partial charge is 0.370 e. The number of nitrogens with one attached hydrogen (secondary N) is 1. The summed E-state index contributed by atoms with van der Waals surface area (Å²) in [7, 11) is 1.71. The zero-order chi connectivity index (χ0) is 26.8. The summed E-state index contributed by atoms with van der Waals surface area (Å²) in [5.41, 5.74) is 6.30. The van der Waals surface area contributed by atoms with Crippen molar-refractivity contribution >= 4 is 17.0 Å². The van der Waals surface area contributed by atoms with Gasteiger partial charge in [-0.3, -0.25) is 14.2 Å². The van der Waals surface area contributed by atoms with E-state index in [-0.39, 0.29) is 5.56 Å². The Kier molecular flexibility index (Phi) is 11.3. The minimum Gasteiger partial charge on any atom is -0.370 e. The quantitative estimate of drug-likeness (QED) is 0.332. The molecule has 196 valence electrons. The lowest BCUT2D eigenvalue weighted by Gasteiger charge is -2.20. The van der Waals surface area contributed by atoms with E-state index in [0.29, 0.717) is 28.9 Å². The Balaban J connectivity index is 0.000000502. The fourth-order valence-corrected chi connectivity index (χ4v) is 4.47. The number of pyridine rings is 1. The third kappa shape index (κ3) is 7.50. The summed E-state index contributed by atoms with van der Waals surface area (Å²) >= 11 is 0. The van der Waals surface area contributed by atoms with Crippen LogP contribution in [0.2, 0.25) is 0 Å². The van der Waals surface area contributed by atoms with Gasteiger partial charge in [0, 0.05) is 45.5 Å². The molecule has 2 fully saturated rings. The molecule has 0 bridgehead atoms.